The van der Waals surface area contributed by atoms with Crippen LogP contribution >= 0.6 is 0 Å². The monoisotopic (exact) mass is 236 g/mol. The van der Waals surface area contributed by atoms with E-state index in [-0.39, 0.29) is 18.1 Å². The summed E-state index contributed by atoms with van der Waals surface area (Å²) in [6.07, 6.45) is 4.29. The average molecular weight is 236 g/mol. The van der Waals surface area contributed by atoms with Gasteiger partial charge in [0.2, 0.25) is 0 Å². The van der Waals surface area contributed by atoms with E-state index in [2.05, 4.69) is 18.1 Å². The molecule has 0 unspecified atom stereocenters. The van der Waals surface area contributed by atoms with Gasteiger partial charge >= 0.3 is 5.97 Å². The minimum Gasteiger partial charge on any atom is -0.460 e. The van der Waals surface area contributed by atoms with Crippen LogP contribution in [0.3, 0.4) is 0 Å². The van der Waals surface area contributed by atoms with Crippen molar-refractivity contribution in [2.75, 3.05) is 0 Å². The van der Waals surface area contributed by atoms with Crippen LogP contribution in [0.25, 0.3) is 0 Å². The third-order valence-electron chi connectivity index (χ3n) is 3.34. The number of esters is 1. The zero-order chi connectivity index (χ0) is 12.4. The lowest BCUT2D eigenvalue weighted by Gasteiger charge is -2.31. The minimum atomic E-state index is -0.191. The fourth-order valence-corrected chi connectivity index (χ4v) is 2.69. The molecule has 0 spiro atoms. The van der Waals surface area contributed by atoms with Crippen molar-refractivity contribution in [3.63, 3.8) is 0 Å². The van der Waals surface area contributed by atoms with Crippen LogP contribution in [0.1, 0.15) is 50.0 Å². The van der Waals surface area contributed by atoms with Gasteiger partial charge in [0, 0.05) is 12.6 Å². The van der Waals surface area contributed by atoms with E-state index in [1.165, 1.54) is 13.3 Å². The molecule has 1 fully saturated rings. The molecule has 0 saturated heterocycles. The highest BCUT2D eigenvalue weighted by molar-refractivity contribution is 5.66. The molecule has 1 heterocycles. The quantitative estimate of drug-likeness (QED) is 0.741. The van der Waals surface area contributed by atoms with Crippen molar-refractivity contribution in [1.82, 2.24) is 9.78 Å². The van der Waals surface area contributed by atoms with E-state index in [4.69, 9.17) is 4.74 Å². The second-order valence-corrected chi connectivity index (χ2v) is 4.87. The smallest absolute Gasteiger partial charge is 0.302 e. The lowest BCUT2D eigenvalue weighted by molar-refractivity contribution is -0.150. The number of carbonyl (C=O) groups is 1. The summed E-state index contributed by atoms with van der Waals surface area (Å²) in [6, 6.07) is 2.28. The molecule has 1 aromatic heterocycles. The van der Waals surface area contributed by atoms with Crippen LogP contribution in [0.5, 0.6) is 0 Å². The summed E-state index contributed by atoms with van der Waals surface area (Å²) in [5.41, 5.74) is 2.17. The maximum atomic E-state index is 11.1. The molecule has 17 heavy (non-hydrogen) atoms. The van der Waals surface area contributed by atoms with Gasteiger partial charge in [-0.15, -0.1) is 0 Å². The molecular weight excluding hydrogens is 216 g/mol. The van der Waals surface area contributed by atoms with Crippen LogP contribution in [-0.4, -0.2) is 21.9 Å². The molecule has 0 amide bonds. The van der Waals surface area contributed by atoms with Gasteiger partial charge < -0.3 is 4.74 Å². The third-order valence-corrected chi connectivity index (χ3v) is 3.34. The topological polar surface area (TPSA) is 44.1 Å². The van der Waals surface area contributed by atoms with Gasteiger partial charge in [-0.25, -0.2) is 0 Å². The first-order valence-corrected chi connectivity index (χ1v) is 6.28. The number of ether oxygens (including phenoxy) is 1. The van der Waals surface area contributed by atoms with Gasteiger partial charge in [0.15, 0.2) is 0 Å². The Kier molecular flexibility index (Phi) is 3.50. The molecule has 0 aromatic carbocycles. The Hall–Kier alpha value is -1.32. The van der Waals surface area contributed by atoms with Gasteiger partial charge in [0.25, 0.3) is 0 Å². The van der Waals surface area contributed by atoms with Crippen LogP contribution in [0.15, 0.2) is 6.07 Å². The number of carbonyl (C=O) groups excluding carboxylic acids is 1. The highest BCUT2D eigenvalue weighted by Crippen LogP contribution is 2.31. The number of aryl methyl sites for hydroxylation is 2. The second-order valence-electron chi connectivity index (χ2n) is 4.87. The Morgan fingerprint density at radius 1 is 1.41 bits per heavy atom. The van der Waals surface area contributed by atoms with Crippen molar-refractivity contribution < 1.29 is 9.53 Å². The predicted octanol–water partition coefficient (Wildman–Crippen LogP) is 2.55. The first kappa shape index (κ1) is 12.1. The Morgan fingerprint density at radius 2 is 2.12 bits per heavy atom. The van der Waals surface area contributed by atoms with Crippen LogP contribution in [0, 0.1) is 13.8 Å². The van der Waals surface area contributed by atoms with E-state index in [0.717, 1.165) is 30.7 Å². The molecule has 1 saturated carbocycles. The summed E-state index contributed by atoms with van der Waals surface area (Å²) in [5.74, 6) is -0.191. The van der Waals surface area contributed by atoms with Gasteiger partial charge in [-0.2, -0.15) is 5.10 Å². The van der Waals surface area contributed by atoms with Crippen LogP contribution in [-0.2, 0) is 9.53 Å². The second kappa shape index (κ2) is 4.90. The van der Waals surface area contributed by atoms with Gasteiger partial charge in [0.1, 0.15) is 6.10 Å². The van der Waals surface area contributed by atoms with E-state index in [0.29, 0.717) is 0 Å². The van der Waals surface area contributed by atoms with Crippen LogP contribution < -0.4 is 0 Å². The van der Waals surface area contributed by atoms with Crippen LogP contribution in [0.4, 0.5) is 0 Å². The molecule has 0 aliphatic heterocycles. The predicted molar refractivity (Wildman–Crippen MR) is 64.8 cm³/mol. The number of hydrogen-bond acceptors (Lipinski definition) is 3. The lowest BCUT2D eigenvalue weighted by Crippen LogP contribution is -2.32. The summed E-state index contributed by atoms with van der Waals surface area (Å²) < 4.78 is 7.45. The summed E-state index contributed by atoms with van der Waals surface area (Å²) in [6.45, 7) is 5.53. The van der Waals surface area contributed by atoms with Gasteiger partial charge in [0.05, 0.1) is 11.7 Å². The highest BCUT2D eigenvalue weighted by Gasteiger charge is 2.30. The van der Waals surface area contributed by atoms with Crippen molar-refractivity contribution in [2.45, 2.75) is 58.6 Å². The number of hydrogen-bond donors (Lipinski definition) is 0. The SMILES string of the molecule is CC(=O)O[C@H]1CCCC[C@@H]1n1nc(C)cc1C. The first-order chi connectivity index (χ1) is 8.08. The molecule has 4 nitrogen and oxygen atoms in total. The van der Waals surface area contributed by atoms with E-state index in [9.17, 15) is 4.79 Å². The molecule has 0 bridgehead atoms. The largest absolute Gasteiger partial charge is 0.460 e. The molecule has 0 N–H and O–H groups in total. The van der Waals surface area contributed by atoms with E-state index < -0.39 is 0 Å². The van der Waals surface area contributed by atoms with E-state index >= 15 is 0 Å². The van der Waals surface area contributed by atoms with Gasteiger partial charge in [-0.1, -0.05) is 6.42 Å². The fourth-order valence-electron chi connectivity index (χ4n) is 2.69. The summed E-state index contributed by atoms with van der Waals surface area (Å²) >= 11 is 0. The Bertz CT molecular complexity index is 412. The van der Waals surface area contributed by atoms with Crippen molar-refractivity contribution in [3.05, 3.63) is 17.5 Å². The fraction of sp³-hybridized carbons (Fsp3) is 0.692. The molecule has 4 heteroatoms. The van der Waals surface area contributed by atoms with Gasteiger partial charge in [-0.3, -0.25) is 9.48 Å². The maximum Gasteiger partial charge on any atom is 0.302 e. The van der Waals surface area contributed by atoms with Crippen molar-refractivity contribution in [3.8, 4) is 0 Å². The first-order valence-electron chi connectivity index (χ1n) is 6.28. The zero-order valence-corrected chi connectivity index (χ0v) is 10.8. The molecule has 1 aliphatic rings. The van der Waals surface area contributed by atoms with Gasteiger partial charge in [-0.05, 0) is 39.2 Å². The molecule has 1 aromatic rings. The number of nitrogens with zero attached hydrogens (tertiary/aromatic N) is 2. The van der Waals surface area contributed by atoms with Crippen molar-refractivity contribution in [1.29, 1.82) is 0 Å². The molecule has 94 valence electrons. The molecule has 2 rings (SSSR count). The zero-order valence-electron chi connectivity index (χ0n) is 10.8. The van der Waals surface area contributed by atoms with E-state index in [1.807, 2.05) is 11.6 Å². The highest BCUT2D eigenvalue weighted by atomic mass is 16.5. The number of rotatable bonds is 2. The number of aromatic nitrogens is 2. The standard InChI is InChI=1S/C13H20N2O2/c1-9-8-10(2)15(14-9)12-6-4-5-7-13(12)17-11(3)16/h8,12-13H,4-7H2,1-3H3/t12-,13-/m0/s1. The Labute approximate surface area is 102 Å². The van der Waals surface area contributed by atoms with E-state index in [1.54, 1.807) is 0 Å². The summed E-state index contributed by atoms with van der Waals surface area (Å²) in [4.78, 5) is 11.1. The lowest BCUT2D eigenvalue weighted by atomic mass is 9.92. The van der Waals surface area contributed by atoms with Crippen LogP contribution in [0.2, 0.25) is 0 Å². The Morgan fingerprint density at radius 3 is 2.71 bits per heavy atom. The molecule has 1 aliphatic carbocycles. The summed E-state index contributed by atoms with van der Waals surface area (Å²) in [7, 11) is 0. The molecule has 2 atom stereocenters. The van der Waals surface area contributed by atoms with Crippen molar-refractivity contribution in [2.24, 2.45) is 0 Å². The molecular formula is C13H20N2O2. The molecule has 0 radical (unpaired) electrons. The maximum absolute atomic E-state index is 11.1. The average Bonchev–Trinajstić information content (AvgIpc) is 2.58. The summed E-state index contributed by atoms with van der Waals surface area (Å²) in [5, 5.41) is 4.52. The Balaban J connectivity index is 2.21. The normalized spacial score (nSPS) is 24.6. The minimum absolute atomic E-state index is 0.0146. The van der Waals surface area contributed by atoms with Crippen molar-refractivity contribution >= 4 is 5.97 Å². The third kappa shape index (κ3) is 2.68.